The fourth-order valence-corrected chi connectivity index (χ4v) is 3.50. The van der Waals surface area contributed by atoms with Crippen LogP contribution in [0.25, 0.3) is 0 Å². The van der Waals surface area contributed by atoms with Gasteiger partial charge in [0.05, 0.1) is 0 Å². The summed E-state index contributed by atoms with van der Waals surface area (Å²) in [6.07, 6.45) is 10.5. The molecule has 3 nitrogen and oxygen atoms in total. The first-order chi connectivity index (χ1) is 8.66. The molecule has 0 aromatic heterocycles. The predicted octanol–water partition coefficient (Wildman–Crippen LogP) is 2.96. The number of thiocarbonyl (C=S) groups is 1. The van der Waals surface area contributed by atoms with Gasteiger partial charge in [0.15, 0.2) is 5.11 Å². The van der Waals surface area contributed by atoms with E-state index in [1.807, 2.05) is 0 Å². The number of hydrazine groups is 1. The lowest BCUT2D eigenvalue weighted by atomic mass is 9.96. The van der Waals surface area contributed by atoms with Gasteiger partial charge in [-0.25, -0.2) is 5.01 Å². The molecule has 0 unspecified atom stereocenters. The number of nitrogens with one attached hydrogen (secondary N) is 2. The van der Waals surface area contributed by atoms with E-state index < -0.39 is 0 Å². The second-order valence-corrected chi connectivity index (χ2v) is 6.36. The molecule has 104 valence electrons. The van der Waals surface area contributed by atoms with Crippen LogP contribution in [0.3, 0.4) is 0 Å². The summed E-state index contributed by atoms with van der Waals surface area (Å²) in [6.45, 7) is 4.57. The average Bonchev–Trinajstić information content (AvgIpc) is 2.35. The van der Waals surface area contributed by atoms with Crippen LogP contribution in [0.15, 0.2) is 0 Å². The minimum atomic E-state index is 0.583. The third-order valence-electron chi connectivity index (χ3n) is 4.36. The second kappa shape index (κ2) is 6.71. The van der Waals surface area contributed by atoms with Crippen LogP contribution in [0.2, 0.25) is 0 Å². The van der Waals surface area contributed by atoms with Gasteiger partial charge in [-0.05, 0) is 51.7 Å². The lowest BCUT2D eigenvalue weighted by Gasteiger charge is -2.40. The van der Waals surface area contributed by atoms with Crippen LogP contribution in [-0.4, -0.2) is 28.2 Å². The standard InChI is InChI=1S/C14H27N3S/c1-11-7-6-8-12(2)17(11)16-14(18)15-13-9-4-3-5-10-13/h11-13H,3-10H2,1-2H3,(H2,15,16,18)/t11-,12+. The van der Waals surface area contributed by atoms with E-state index in [2.05, 4.69) is 29.6 Å². The Morgan fingerprint density at radius 1 is 0.944 bits per heavy atom. The number of nitrogens with zero attached hydrogens (tertiary/aromatic N) is 1. The molecule has 1 saturated carbocycles. The van der Waals surface area contributed by atoms with Crippen molar-refractivity contribution in [1.82, 2.24) is 15.8 Å². The van der Waals surface area contributed by atoms with Crippen LogP contribution in [0.5, 0.6) is 0 Å². The molecule has 0 radical (unpaired) electrons. The summed E-state index contributed by atoms with van der Waals surface area (Å²) in [5, 5.41) is 6.64. The fourth-order valence-electron chi connectivity index (χ4n) is 3.22. The molecule has 2 rings (SSSR count). The molecular weight excluding hydrogens is 242 g/mol. The Morgan fingerprint density at radius 3 is 2.17 bits per heavy atom. The molecule has 0 aromatic rings. The highest BCUT2D eigenvalue weighted by Gasteiger charge is 2.25. The highest BCUT2D eigenvalue weighted by molar-refractivity contribution is 7.80. The van der Waals surface area contributed by atoms with Gasteiger partial charge in [-0.1, -0.05) is 25.7 Å². The highest BCUT2D eigenvalue weighted by atomic mass is 32.1. The van der Waals surface area contributed by atoms with Crippen LogP contribution >= 0.6 is 12.2 Å². The third-order valence-corrected chi connectivity index (χ3v) is 4.57. The molecule has 4 heteroatoms. The van der Waals surface area contributed by atoms with E-state index >= 15 is 0 Å². The van der Waals surface area contributed by atoms with Gasteiger partial charge < -0.3 is 5.32 Å². The van der Waals surface area contributed by atoms with Crippen molar-refractivity contribution in [1.29, 1.82) is 0 Å². The quantitative estimate of drug-likeness (QED) is 0.754. The Labute approximate surface area is 117 Å². The molecular formula is C14H27N3S. The molecule has 0 amide bonds. The lowest BCUT2D eigenvalue weighted by Crippen LogP contribution is -2.57. The van der Waals surface area contributed by atoms with Crippen molar-refractivity contribution in [3.05, 3.63) is 0 Å². The maximum atomic E-state index is 5.46. The van der Waals surface area contributed by atoms with Crippen molar-refractivity contribution in [2.24, 2.45) is 0 Å². The van der Waals surface area contributed by atoms with Crippen molar-refractivity contribution >= 4 is 17.3 Å². The smallest absolute Gasteiger partial charge is 0.181 e. The molecule has 0 bridgehead atoms. The molecule has 2 atom stereocenters. The SMILES string of the molecule is C[C@@H]1CCC[C@H](C)N1NC(=S)NC1CCCCC1. The van der Waals surface area contributed by atoms with Crippen molar-refractivity contribution in [2.45, 2.75) is 83.3 Å². The van der Waals surface area contributed by atoms with Gasteiger partial charge in [-0.15, -0.1) is 0 Å². The topological polar surface area (TPSA) is 27.3 Å². The lowest BCUT2D eigenvalue weighted by molar-refractivity contribution is 0.0732. The van der Waals surface area contributed by atoms with E-state index in [1.54, 1.807) is 0 Å². The summed E-state index contributed by atoms with van der Waals surface area (Å²) in [6, 6.07) is 1.76. The van der Waals surface area contributed by atoms with Gasteiger partial charge in [0.2, 0.25) is 0 Å². The maximum absolute atomic E-state index is 5.46. The molecule has 1 aliphatic heterocycles. The molecule has 2 aliphatic rings. The van der Waals surface area contributed by atoms with Crippen molar-refractivity contribution in [3.63, 3.8) is 0 Å². The Hall–Kier alpha value is -0.350. The van der Waals surface area contributed by atoms with E-state index in [1.165, 1.54) is 51.4 Å². The molecule has 0 aromatic carbocycles. The zero-order chi connectivity index (χ0) is 13.0. The number of hydrogen-bond donors (Lipinski definition) is 2. The monoisotopic (exact) mass is 269 g/mol. The first-order valence-electron chi connectivity index (χ1n) is 7.52. The Morgan fingerprint density at radius 2 is 1.56 bits per heavy atom. The summed E-state index contributed by atoms with van der Waals surface area (Å²) < 4.78 is 0. The van der Waals surface area contributed by atoms with Crippen LogP contribution in [0.4, 0.5) is 0 Å². The number of rotatable bonds is 2. The Kier molecular flexibility index (Phi) is 5.25. The zero-order valence-corrected chi connectivity index (χ0v) is 12.6. The molecule has 1 aliphatic carbocycles. The minimum Gasteiger partial charge on any atom is -0.359 e. The molecule has 2 N–H and O–H groups in total. The Balaban J connectivity index is 1.78. The molecule has 0 spiro atoms. The zero-order valence-electron chi connectivity index (χ0n) is 11.7. The van der Waals surface area contributed by atoms with E-state index in [-0.39, 0.29) is 0 Å². The van der Waals surface area contributed by atoms with Crippen molar-refractivity contribution in [2.75, 3.05) is 0 Å². The van der Waals surface area contributed by atoms with E-state index in [9.17, 15) is 0 Å². The van der Waals surface area contributed by atoms with Gasteiger partial charge in [0, 0.05) is 18.1 Å². The second-order valence-electron chi connectivity index (χ2n) is 5.96. The van der Waals surface area contributed by atoms with Crippen molar-refractivity contribution in [3.8, 4) is 0 Å². The minimum absolute atomic E-state index is 0.583. The first kappa shape index (κ1) is 14.1. The predicted molar refractivity (Wildman–Crippen MR) is 80.4 cm³/mol. The van der Waals surface area contributed by atoms with E-state index in [0.29, 0.717) is 18.1 Å². The van der Waals surface area contributed by atoms with Gasteiger partial charge in [0.25, 0.3) is 0 Å². The summed E-state index contributed by atoms with van der Waals surface area (Å²) in [5.41, 5.74) is 3.42. The summed E-state index contributed by atoms with van der Waals surface area (Å²) >= 11 is 5.46. The van der Waals surface area contributed by atoms with Crippen LogP contribution < -0.4 is 10.7 Å². The van der Waals surface area contributed by atoms with Gasteiger partial charge >= 0.3 is 0 Å². The Bertz CT molecular complexity index is 266. The van der Waals surface area contributed by atoms with Gasteiger partial charge in [-0.2, -0.15) is 0 Å². The normalized spacial score (nSPS) is 31.0. The van der Waals surface area contributed by atoms with Crippen molar-refractivity contribution < 1.29 is 0 Å². The van der Waals surface area contributed by atoms with Crippen LogP contribution in [0.1, 0.15) is 65.2 Å². The number of hydrogen-bond acceptors (Lipinski definition) is 2. The molecule has 18 heavy (non-hydrogen) atoms. The summed E-state index contributed by atoms with van der Waals surface area (Å²) in [5.74, 6) is 0. The van der Waals surface area contributed by atoms with Crippen LogP contribution in [-0.2, 0) is 0 Å². The van der Waals surface area contributed by atoms with Gasteiger partial charge in [0.1, 0.15) is 0 Å². The van der Waals surface area contributed by atoms with Crippen LogP contribution in [0, 0.1) is 0 Å². The average molecular weight is 269 g/mol. The highest BCUT2D eigenvalue weighted by Crippen LogP contribution is 2.20. The van der Waals surface area contributed by atoms with E-state index in [0.717, 1.165) is 5.11 Å². The summed E-state index contributed by atoms with van der Waals surface area (Å²) in [4.78, 5) is 0. The third kappa shape index (κ3) is 3.82. The molecule has 1 heterocycles. The van der Waals surface area contributed by atoms with Gasteiger partial charge in [-0.3, -0.25) is 5.43 Å². The van der Waals surface area contributed by atoms with E-state index in [4.69, 9.17) is 12.2 Å². The fraction of sp³-hybridized carbons (Fsp3) is 0.929. The summed E-state index contributed by atoms with van der Waals surface area (Å²) in [7, 11) is 0. The largest absolute Gasteiger partial charge is 0.359 e. The maximum Gasteiger partial charge on any atom is 0.181 e. The molecule has 2 fully saturated rings. The number of piperidine rings is 1. The first-order valence-corrected chi connectivity index (χ1v) is 7.93. The molecule has 1 saturated heterocycles.